The molecular weight excluding hydrogens is 705 g/mol. The predicted molar refractivity (Wildman–Crippen MR) is 157 cm³/mol. The Bertz CT molecular complexity index is 1190. The fourth-order valence-electron chi connectivity index (χ4n) is 5.26. The summed E-state index contributed by atoms with van der Waals surface area (Å²) in [6.07, 6.45) is 2.08. The van der Waals surface area contributed by atoms with E-state index in [1.54, 1.807) is 0 Å². The first-order valence-corrected chi connectivity index (χ1v) is 15.0. The summed E-state index contributed by atoms with van der Waals surface area (Å²) >= 11 is 0. The number of benzene rings is 4. The van der Waals surface area contributed by atoms with Crippen molar-refractivity contribution >= 4 is 18.7 Å². The normalized spacial score (nSPS) is 13.9. The van der Waals surface area contributed by atoms with E-state index in [2.05, 4.69) is 150 Å². The van der Waals surface area contributed by atoms with Gasteiger partial charge in [0.2, 0.25) is 0 Å². The van der Waals surface area contributed by atoms with Crippen LogP contribution in [0.4, 0.5) is 0 Å². The Kier molecular flexibility index (Phi) is 12.7. The van der Waals surface area contributed by atoms with E-state index in [-0.39, 0.29) is 51.2 Å². The van der Waals surface area contributed by atoms with Crippen molar-refractivity contribution in [3.63, 3.8) is 0 Å². The molecule has 0 fully saturated rings. The van der Waals surface area contributed by atoms with Crippen molar-refractivity contribution in [2.45, 2.75) is 58.0 Å². The van der Waals surface area contributed by atoms with Crippen LogP contribution >= 0.6 is 0 Å². The molecule has 0 N–H and O–H groups in total. The maximum Gasteiger partial charge on any atom is 1.00 e. The van der Waals surface area contributed by atoms with Gasteiger partial charge >= 0.3 is 27.7 Å². The van der Waals surface area contributed by atoms with Crippen LogP contribution < -0.4 is 22.8 Å². The van der Waals surface area contributed by atoms with Crippen LogP contribution in [0.15, 0.2) is 121 Å². The molecule has 0 aliphatic heterocycles. The standard InChI is InChI=1S/C34H39O2Si.ClH.Hg/c1-28(26-34(5,30-20-12-7-13-21-30)35-27-29-18-10-6-11-19-29)36-37(33(2,3)4,31-22-14-8-15-23-31)32-24-16-9-17-25-32;;/h6-26,28H,27H2,1-5H3;1H;/q;;+1/p-1/t28-,34+;;/m0../s1. The Morgan fingerprint density at radius 2 is 1.08 bits per heavy atom. The maximum atomic E-state index is 7.35. The number of ether oxygens (including phenoxy) is 1. The average Bonchev–Trinajstić information content (AvgIpc) is 2.92. The molecule has 0 amide bonds. The molecule has 0 saturated carbocycles. The van der Waals surface area contributed by atoms with E-state index >= 15 is 0 Å². The molecule has 39 heavy (non-hydrogen) atoms. The van der Waals surface area contributed by atoms with Crippen molar-refractivity contribution in [2.75, 3.05) is 0 Å². The van der Waals surface area contributed by atoms with Gasteiger partial charge in [0.15, 0.2) is 0 Å². The quantitative estimate of drug-likeness (QED) is 0.226. The third-order valence-electron chi connectivity index (χ3n) is 7.06. The van der Waals surface area contributed by atoms with Crippen LogP contribution in [0, 0.1) is 6.42 Å². The van der Waals surface area contributed by atoms with Gasteiger partial charge < -0.3 is 21.6 Å². The van der Waals surface area contributed by atoms with E-state index in [0.717, 1.165) is 11.1 Å². The molecule has 2 atom stereocenters. The van der Waals surface area contributed by atoms with Crippen LogP contribution in [-0.2, 0) is 49.0 Å². The molecular formula is C34H39ClHgO2Si. The van der Waals surface area contributed by atoms with Crippen molar-refractivity contribution in [2.24, 2.45) is 0 Å². The minimum Gasteiger partial charge on any atom is -1.00 e. The molecule has 0 aromatic heterocycles. The SMILES string of the molecule is C[C@@H]([CH][C@@](C)(OCc1ccccc1)c1ccccc1)O[Si](c1ccccc1)(c1ccccc1)C(C)(C)C.[Cl-].[Hg+]. The van der Waals surface area contributed by atoms with Gasteiger partial charge in [-0.1, -0.05) is 142 Å². The zero-order valence-corrected chi connectivity index (χ0v) is 31.1. The van der Waals surface area contributed by atoms with E-state index in [9.17, 15) is 0 Å². The Labute approximate surface area is 263 Å². The molecule has 2 nitrogen and oxygen atoms in total. The van der Waals surface area contributed by atoms with Crippen molar-refractivity contribution in [3.05, 3.63) is 139 Å². The van der Waals surface area contributed by atoms with E-state index in [4.69, 9.17) is 9.16 Å². The fourth-order valence-corrected chi connectivity index (χ4v) is 9.90. The smallest absolute Gasteiger partial charge is 1.00 e. The summed E-state index contributed by atoms with van der Waals surface area (Å²) in [5, 5.41) is 2.47. The molecule has 0 bridgehead atoms. The number of rotatable bonds is 10. The van der Waals surface area contributed by atoms with Crippen LogP contribution in [0.2, 0.25) is 5.04 Å². The molecule has 0 unspecified atom stereocenters. The first-order chi connectivity index (χ1) is 17.7. The molecule has 0 spiro atoms. The largest absolute Gasteiger partial charge is 1.00 e. The minimum atomic E-state index is -2.69. The van der Waals surface area contributed by atoms with Crippen LogP contribution in [0.1, 0.15) is 45.7 Å². The van der Waals surface area contributed by atoms with Gasteiger partial charge in [-0.3, -0.25) is 0 Å². The van der Waals surface area contributed by atoms with Gasteiger partial charge in [0.25, 0.3) is 8.32 Å². The van der Waals surface area contributed by atoms with Gasteiger partial charge in [0, 0.05) is 12.5 Å². The molecule has 5 heteroatoms. The van der Waals surface area contributed by atoms with Gasteiger partial charge in [-0.25, -0.2) is 0 Å². The summed E-state index contributed by atoms with van der Waals surface area (Å²) < 4.78 is 14.0. The topological polar surface area (TPSA) is 18.5 Å². The Morgan fingerprint density at radius 1 is 0.667 bits per heavy atom. The van der Waals surface area contributed by atoms with E-state index in [1.165, 1.54) is 10.4 Å². The molecule has 200 valence electrons. The van der Waals surface area contributed by atoms with Crippen molar-refractivity contribution in [1.82, 2.24) is 0 Å². The molecule has 4 aromatic rings. The summed E-state index contributed by atoms with van der Waals surface area (Å²) in [4.78, 5) is 0. The first kappa shape index (κ1) is 33.4. The zero-order chi connectivity index (χ0) is 26.4. The molecule has 0 heterocycles. The van der Waals surface area contributed by atoms with Crippen LogP contribution in [-0.4, -0.2) is 14.4 Å². The average molecular weight is 744 g/mol. The van der Waals surface area contributed by atoms with Crippen LogP contribution in [0.25, 0.3) is 0 Å². The Morgan fingerprint density at radius 3 is 1.51 bits per heavy atom. The van der Waals surface area contributed by atoms with E-state index < -0.39 is 13.9 Å². The van der Waals surface area contributed by atoms with Gasteiger partial charge in [-0.2, -0.15) is 0 Å². The molecule has 4 aromatic carbocycles. The van der Waals surface area contributed by atoms with Crippen LogP contribution in [0.3, 0.4) is 0 Å². The van der Waals surface area contributed by atoms with Gasteiger partial charge in [-0.05, 0) is 40.4 Å². The summed E-state index contributed by atoms with van der Waals surface area (Å²) in [6.45, 7) is 11.8. The Hall–Kier alpha value is -1.76. The summed E-state index contributed by atoms with van der Waals surface area (Å²) in [5.74, 6) is 0. The summed E-state index contributed by atoms with van der Waals surface area (Å²) in [5.41, 5.74) is 1.64. The van der Waals surface area contributed by atoms with Crippen LogP contribution in [0.5, 0.6) is 0 Å². The molecule has 0 saturated heterocycles. The van der Waals surface area contributed by atoms with E-state index in [1.807, 2.05) is 12.1 Å². The zero-order valence-electron chi connectivity index (χ0n) is 23.8. The fraction of sp³-hybridized carbons (Fsp3) is 0.265. The van der Waals surface area contributed by atoms with Crippen molar-refractivity contribution in [3.8, 4) is 0 Å². The second kappa shape index (κ2) is 14.8. The molecule has 4 rings (SSSR count). The second-order valence-corrected chi connectivity index (χ2v) is 15.2. The second-order valence-electron chi connectivity index (χ2n) is 10.9. The monoisotopic (exact) mass is 744 g/mol. The number of hydrogen-bond acceptors (Lipinski definition) is 2. The Balaban J connectivity index is 0.00000267. The first-order valence-electron chi connectivity index (χ1n) is 13.1. The molecule has 0 aliphatic rings. The number of halogens is 1. The van der Waals surface area contributed by atoms with Gasteiger partial charge in [0.05, 0.1) is 12.2 Å². The van der Waals surface area contributed by atoms with Crippen molar-refractivity contribution < 1.29 is 49.2 Å². The third kappa shape index (κ3) is 7.92. The molecule has 2 radical (unpaired) electrons. The third-order valence-corrected chi connectivity index (χ3v) is 12.2. The maximum absolute atomic E-state index is 7.35. The molecule has 0 aliphatic carbocycles. The number of hydrogen-bond donors (Lipinski definition) is 0. The summed E-state index contributed by atoms with van der Waals surface area (Å²) in [7, 11) is -2.69. The minimum absolute atomic E-state index is 0. The van der Waals surface area contributed by atoms with Gasteiger partial charge in [0.1, 0.15) is 0 Å². The van der Waals surface area contributed by atoms with E-state index in [0.29, 0.717) is 6.61 Å². The van der Waals surface area contributed by atoms with Crippen molar-refractivity contribution in [1.29, 1.82) is 0 Å². The predicted octanol–water partition coefficient (Wildman–Crippen LogP) is 4.29. The summed E-state index contributed by atoms with van der Waals surface area (Å²) in [6, 6.07) is 42.4. The van der Waals surface area contributed by atoms with Gasteiger partial charge in [-0.15, -0.1) is 0 Å².